The summed E-state index contributed by atoms with van der Waals surface area (Å²) in [5.41, 5.74) is 3.05. The van der Waals surface area contributed by atoms with Gasteiger partial charge in [0.2, 0.25) is 5.91 Å². The maximum Gasteiger partial charge on any atom is 0.217 e. The second-order valence-electron chi connectivity index (χ2n) is 9.15. The van der Waals surface area contributed by atoms with Crippen molar-refractivity contribution in [2.24, 2.45) is 0 Å². The second-order valence-corrected chi connectivity index (χ2v) is 9.15. The maximum absolute atomic E-state index is 12.1. The molecule has 0 saturated carbocycles. The Kier molecular flexibility index (Phi) is 10.2. The summed E-state index contributed by atoms with van der Waals surface area (Å²) in [5, 5.41) is 13.1. The molecule has 1 aliphatic heterocycles. The summed E-state index contributed by atoms with van der Waals surface area (Å²) in [7, 11) is 0. The Morgan fingerprint density at radius 2 is 1.24 bits per heavy atom. The minimum Gasteiger partial charge on any atom is -0.394 e. The van der Waals surface area contributed by atoms with Crippen molar-refractivity contribution >= 4 is 5.91 Å². The van der Waals surface area contributed by atoms with Crippen LogP contribution in [-0.2, 0) is 43.6 Å². The third kappa shape index (κ3) is 7.95. The van der Waals surface area contributed by atoms with E-state index in [-0.39, 0.29) is 19.1 Å². The van der Waals surface area contributed by atoms with Crippen LogP contribution in [0.25, 0.3) is 0 Å². The summed E-state index contributed by atoms with van der Waals surface area (Å²) in [6.07, 6.45) is -2.33. The maximum atomic E-state index is 12.1. The Morgan fingerprint density at radius 3 is 1.73 bits per heavy atom. The molecule has 0 aliphatic carbocycles. The van der Waals surface area contributed by atoms with Crippen molar-refractivity contribution in [1.29, 1.82) is 0 Å². The van der Waals surface area contributed by atoms with E-state index in [1.165, 1.54) is 6.92 Å². The third-order valence-corrected chi connectivity index (χ3v) is 6.31. The number of amides is 1. The van der Waals surface area contributed by atoms with Gasteiger partial charge in [0.05, 0.1) is 39.1 Å². The molecule has 4 rings (SSSR count). The fourth-order valence-electron chi connectivity index (χ4n) is 4.52. The highest BCUT2D eigenvalue weighted by molar-refractivity contribution is 5.73. The molecule has 37 heavy (non-hydrogen) atoms. The van der Waals surface area contributed by atoms with E-state index in [1.54, 1.807) is 0 Å². The highest BCUT2D eigenvalue weighted by atomic mass is 16.6. The van der Waals surface area contributed by atoms with Gasteiger partial charge < -0.3 is 29.4 Å². The molecular formula is C30H35NO6. The molecule has 1 aliphatic rings. The smallest absolute Gasteiger partial charge is 0.217 e. The predicted molar refractivity (Wildman–Crippen MR) is 139 cm³/mol. The van der Waals surface area contributed by atoms with Crippen molar-refractivity contribution in [1.82, 2.24) is 5.32 Å². The van der Waals surface area contributed by atoms with Crippen LogP contribution in [0.4, 0.5) is 0 Å². The van der Waals surface area contributed by atoms with E-state index >= 15 is 0 Å². The highest BCUT2D eigenvalue weighted by Gasteiger charge is 2.47. The number of nitrogens with one attached hydrogen (secondary N) is 1. The summed E-state index contributed by atoms with van der Waals surface area (Å²) in [6.45, 7) is 2.48. The molecule has 1 fully saturated rings. The Bertz CT molecular complexity index is 1070. The number of hydrogen-bond donors (Lipinski definition) is 2. The normalized spacial score (nSPS) is 23.5. The number of aliphatic hydroxyl groups excluding tert-OH is 1. The molecule has 7 heteroatoms. The van der Waals surface area contributed by atoms with E-state index < -0.39 is 30.5 Å². The van der Waals surface area contributed by atoms with E-state index in [9.17, 15) is 9.90 Å². The molecule has 0 aromatic heterocycles. The van der Waals surface area contributed by atoms with E-state index in [1.807, 2.05) is 91.0 Å². The third-order valence-electron chi connectivity index (χ3n) is 6.31. The zero-order valence-electron chi connectivity index (χ0n) is 21.1. The molecule has 1 heterocycles. The Morgan fingerprint density at radius 1 is 0.757 bits per heavy atom. The van der Waals surface area contributed by atoms with Gasteiger partial charge in [-0.1, -0.05) is 91.0 Å². The van der Waals surface area contributed by atoms with Crippen LogP contribution in [0.2, 0.25) is 0 Å². The Hall–Kier alpha value is -3.07. The average molecular weight is 506 g/mol. The van der Waals surface area contributed by atoms with Gasteiger partial charge in [-0.15, -0.1) is 0 Å². The van der Waals surface area contributed by atoms with Gasteiger partial charge in [0, 0.05) is 6.92 Å². The van der Waals surface area contributed by atoms with Gasteiger partial charge in [0.1, 0.15) is 24.4 Å². The quantitative estimate of drug-likeness (QED) is 0.391. The number of benzene rings is 3. The summed E-state index contributed by atoms with van der Waals surface area (Å²) in [4.78, 5) is 12.1. The van der Waals surface area contributed by atoms with Crippen molar-refractivity contribution in [2.75, 3.05) is 13.2 Å². The summed E-state index contributed by atoms with van der Waals surface area (Å²) >= 11 is 0. The van der Waals surface area contributed by atoms with E-state index in [4.69, 9.17) is 18.9 Å². The first-order valence-electron chi connectivity index (χ1n) is 12.6. The highest BCUT2D eigenvalue weighted by Crippen LogP contribution is 2.28. The van der Waals surface area contributed by atoms with Crippen LogP contribution in [0.3, 0.4) is 0 Å². The molecule has 7 nitrogen and oxygen atoms in total. The number of carbonyl (C=O) groups excluding carboxylic acids is 1. The first-order valence-corrected chi connectivity index (χ1v) is 12.6. The van der Waals surface area contributed by atoms with Crippen LogP contribution in [0.1, 0.15) is 23.6 Å². The van der Waals surface area contributed by atoms with Crippen LogP contribution in [0, 0.1) is 0 Å². The van der Waals surface area contributed by atoms with Crippen molar-refractivity contribution < 1.29 is 28.8 Å². The predicted octanol–water partition coefficient (Wildman–Crippen LogP) is 3.64. The number of ether oxygens (including phenoxy) is 4. The lowest BCUT2D eigenvalue weighted by molar-refractivity contribution is -0.237. The SMILES string of the molecule is CC(=O)N[C@@H]1[C@@H](OCc2ccccc2)[C@@H](OCc2ccccc2)[C@@H](COCc2ccccc2)O[C@@H]1CO. The molecular weight excluding hydrogens is 470 g/mol. The van der Waals surface area contributed by atoms with Gasteiger partial charge in [0.15, 0.2) is 0 Å². The molecule has 0 bridgehead atoms. The lowest BCUT2D eigenvalue weighted by atomic mass is 9.92. The van der Waals surface area contributed by atoms with Crippen LogP contribution in [-0.4, -0.2) is 54.7 Å². The number of carbonyl (C=O) groups is 1. The van der Waals surface area contributed by atoms with E-state index in [0.29, 0.717) is 19.8 Å². The number of aliphatic hydroxyl groups is 1. The average Bonchev–Trinajstić information content (AvgIpc) is 2.93. The standard InChI is InChI=1S/C30H35NO6/c1-22(33)31-28-26(17-32)37-27(21-34-18-23-11-5-2-6-12-23)29(35-19-24-13-7-3-8-14-24)30(28)36-20-25-15-9-4-10-16-25/h2-16,26-30,32H,17-21H2,1H3,(H,31,33)/t26-,27-,28+,29+,30-/m1/s1. The van der Waals surface area contributed by atoms with Crippen LogP contribution in [0.5, 0.6) is 0 Å². The molecule has 3 aromatic carbocycles. The van der Waals surface area contributed by atoms with Gasteiger partial charge in [0.25, 0.3) is 0 Å². The van der Waals surface area contributed by atoms with Gasteiger partial charge in [-0.05, 0) is 16.7 Å². The Balaban J connectivity index is 1.56. The summed E-state index contributed by atoms with van der Waals surface area (Å²) < 4.78 is 25.2. The largest absolute Gasteiger partial charge is 0.394 e. The van der Waals surface area contributed by atoms with Gasteiger partial charge in [-0.25, -0.2) is 0 Å². The monoisotopic (exact) mass is 505 g/mol. The number of hydrogen-bond acceptors (Lipinski definition) is 6. The molecule has 3 aromatic rings. The first-order chi connectivity index (χ1) is 18.1. The lowest BCUT2D eigenvalue weighted by Crippen LogP contribution is -2.66. The van der Waals surface area contributed by atoms with E-state index in [0.717, 1.165) is 16.7 Å². The molecule has 2 N–H and O–H groups in total. The van der Waals surface area contributed by atoms with Crippen molar-refractivity contribution in [2.45, 2.75) is 57.2 Å². The summed E-state index contributed by atoms with van der Waals surface area (Å²) in [6, 6.07) is 29.0. The first kappa shape index (κ1) is 27.0. The molecule has 5 atom stereocenters. The van der Waals surface area contributed by atoms with E-state index in [2.05, 4.69) is 5.32 Å². The Labute approximate surface area is 218 Å². The lowest BCUT2D eigenvalue weighted by Gasteiger charge is -2.46. The zero-order chi connectivity index (χ0) is 25.9. The molecule has 0 spiro atoms. The van der Waals surface area contributed by atoms with Crippen molar-refractivity contribution in [3.05, 3.63) is 108 Å². The molecule has 0 radical (unpaired) electrons. The summed E-state index contributed by atoms with van der Waals surface area (Å²) in [5.74, 6) is -0.235. The van der Waals surface area contributed by atoms with Gasteiger partial charge >= 0.3 is 0 Å². The van der Waals surface area contributed by atoms with Gasteiger partial charge in [-0.3, -0.25) is 4.79 Å². The molecule has 1 amide bonds. The minimum absolute atomic E-state index is 0.235. The fourth-order valence-corrected chi connectivity index (χ4v) is 4.52. The molecule has 1 saturated heterocycles. The van der Waals surface area contributed by atoms with Crippen LogP contribution in [0.15, 0.2) is 91.0 Å². The minimum atomic E-state index is -0.674. The van der Waals surface area contributed by atoms with Crippen molar-refractivity contribution in [3.8, 4) is 0 Å². The van der Waals surface area contributed by atoms with Crippen LogP contribution < -0.4 is 5.32 Å². The van der Waals surface area contributed by atoms with Crippen molar-refractivity contribution in [3.63, 3.8) is 0 Å². The number of rotatable bonds is 12. The molecule has 0 unspecified atom stereocenters. The van der Waals surface area contributed by atoms with Crippen LogP contribution >= 0.6 is 0 Å². The second kappa shape index (κ2) is 14.0. The fraction of sp³-hybridized carbons (Fsp3) is 0.367. The zero-order valence-corrected chi connectivity index (χ0v) is 21.1. The van der Waals surface area contributed by atoms with Gasteiger partial charge in [-0.2, -0.15) is 0 Å². The molecule has 196 valence electrons. The topological polar surface area (TPSA) is 86.3 Å².